The summed E-state index contributed by atoms with van der Waals surface area (Å²) in [5.41, 5.74) is 0.867. The largest absolute Gasteiger partial charge is 0.368 e. The molecule has 1 aromatic heterocycles. The molecule has 21 heavy (non-hydrogen) atoms. The SMILES string of the molecule is CCCn1ncc(N(CC)CC2CCCCN2)c(Br)c1=O. The van der Waals surface area contributed by atoms with Crippen LogP contribution in [0, 0.1) is 0 Å². The predicted octanol–water partition coefficient (Wildman–Crippen LogP) is 2.38. The average molecular weight is 357 g/mol. The highest BCUT2D eigenvalue weighted by molar-refractivity contribution is 9.10. The number of piperidine rings is 1. The zero-order valence-electron chi connectivity index (χ0n) is 12.9. The minimum Gasteiger partial charge on any atom is -0.368 e. The van der Waals surface area contributed by atoms with Crippen molar-refractivity contribution in [2.24, 2.45) is 0 Å². The zero-order valence-corrected chi connectivity index (χ0v) is 14.5. The first-order valence-electron chi connectivity index (χ1n) is 7.91. The van der Waals surface area contributed by atoms with Gasteiger partial charge in [-0.15, -0.1) is 0 Å². The number of nitrogens with one attached hydrogen (secondary N) is 1. The lowest BCUT2D eigenvalue weighted by Gasteiger charge is -2.31. The first-order valence-corrected chi connectivity index (χ1v) is 8.70. The fourth-order valence-corrected chi connectivity index (χ4v) is 3.35. The van der Waals surface area contributed by atoms with E-state index in [0.717, 1.165) is 31.7 Å². The van der Waals surface area contributed by atoms with E-state index in [4.69, 9.17) is 0 Å². The Labute approximate surface area is 134 Å². The first-order chi connectivity index (χ1) is 10.2. The smallest absolute Gasteiger partial charge is 0.283 e. The van der Waals surface area contributed by atoms with E-state index in [1.54, 1.807) is 0 Å². The van der Waals surface area contributed by atoms with Crippen molar-refractivity contribution in [3.05, 3.63) is 21.0 Å². The zero-order chi connectivity index (χ0) is 15.2. The van der Waals surface area contributed by atoms with Gasteiger partial charge in [0.2, 0.25) is 0 Å². The van der Waals surface area contributed by atoms with Gasteiger partial charge in [-0.25, -0.2) is 4.68 Å². The lowest BCUT2D eigenvalue weighted by molar-refractivity contribution is 0.400. The van der Waals surface area contributed by atoms with Crippen molar-refractivity contribution < 1.29 is 0 Å². The van der Waals surface area contributed by atoms with E-state index in [0.29, 0.717) is 17.1 Å². The molecule has 1 fully saturated rings. The minimum absolute atomic E-state index is 0.0376. The van der Waals surface area contributed by atoms with E-state index in [9.17, 15) is 4.79 Å². The molecule has 1 unspecified atom stereocenters. The highest BCUT2D eigenvalue weighted by Gasteiger charge is 2.19. The number of halogens is 1. The van der Waals surface area contributed by atoms with Gasteiger partial charge in [0, 0.05) is 25.7 Å². The van der Waals surface area contributed by atoms with Crippen molar-refractivity contribution in [1.29, 1.82) is 0 Å². The molecule has 0 saturated carbocycles. The number of hydrogen-bond acceptors (Lipinski definition) is 4. The van der Waals surface area contributed by atoms with Crippen LogP contribution >= 0.6 is 15.9 Å². The summed E-state index contributed by atoms with van der Waals surface area (Å²) >= 11 is 3.47. The summed E-state index contributed by atoms with van der Waals surface area (Å²) < 4.78 is 2.16. The number of aromatic nitrogens is 2. The molecule has 5 nitrogen and oxygen atoms in total. The van der Waals surface area contributed by atoms with Gasteiger partial charge in [-0.2, -0.15) is 5.10 Å². The predicted molar refractivity (Wildman–Crippen MR) is 90.0 cm³/mol. The molecule has 1 atom stereocenters. The Hall–Kier alpha value is -0.880. The first kappa shape index (κ1) is 16.5. The normalized spacial score (nSPS) is 18.7. The fraction of sp³-hybridized carbons (Fsp3) is 0.733. The molecule has 1 aliphatic rings. The second-order valence-electron chi connectivity index (χ2n) is 5.56. The summed E-state index contributed by atoms with van der Waals surface area (Å²) in [4.78, 5) is 14.5. The molecule has 2 heterocycles. The van der Waals surface area contributed by atoms with Crippen molar-refractivity contribution in [3.8, 4) is 0 Å². The van der Waals surface area contributed by atoms with E-state index in [-0.39, 0.29) is 5.56 Å². The van der Waals surface area contributed by atoms with Gasteiger partial charge < -0.3 is 10.2 Å². The van der Waals surface area contributed by atoms with Crippen molar-refractivity contribution in [2.75, 3.05) is 24.5 Å². The summed E-state index contributed by atoms with van der Waals surface area (Å²) in [5, 5.41) is 7.86. The van der Waals surface area contributed by atoms with E-state index < -0.39 is 0 Å². The number of rotatable bonds is 6. The van der Waals surface area contributed by atoms with E-state index >= 15 is 0 Å². The number of aryl methyl sites for hydroxylation is 1. The van der Waals surface area contributed by atoms with Crippen LogP contribution in [-0.2, 0) is 6.54 Å². The van der Waals surface area contributed by atoms with Crippen LogP contribution in [0.15, 0.2) is 15.5 Å². The number of hydrogen-bond donors (Lipinski definition) is 1. The molecule has 0 bridgehead atoms. The highest BCUT2D eigenvalue weighted by Crippen LogP contribution is 2.22. The van der Waals surface area contributed by atoms with Crippen LogP contribution in [0.2, 0.25) is 0 Å². The van der Waals surface area contributed by atoms with Gasteiger partial charge >= 0.3 is 0 Å². The Morgan fingerprint density at radius 2 is 2.29 bits per heavy atom. The molecule has 0 amide bonds. The number of nitrogens with zero attached hydrogens (tertiary/aromatic N) is 3. The van der Waals surface area contributed by atoms with Crippen molar-refractivity contribution in [3.63, 3.8) is 0 Å². The van der Waals surface area contributed by atoms with E-state index in [2.05, 4.69) is 38.2 Å². The molecule has 1 N–H and O–H groups in total. The molecular formula is C15H25BrN4O. The fourth-order valence-electron chi connectivity index (χ4n) is 2.79. The van der Waals surface area contributed by atoms with Crippen LogP contribution in [0.25, 0.3) is 0 Å². The quantitative estimate of drug-likeness (QED) is 0.849. The number of anilines is 1. The van der Waals surface area contributed by atoms with Gasteiger partial charge in [-0.3, -0.25) is 4.79 Å². The van der Waals surface area contributed by atoms with Gasteiger partial charge in [0.15, 0.2) is 0 Å². The van der Waals surface area contributed by atoms with E-state index in [1.165, 1.54) is 23.9 Å². The second kappa shape index (κ2) is 7.94. The van der Waals surface area contributed by atoms with Crippen LogP contribution < -0.4 is 15.8 Å². The van der Waals surface area contributed by atoms with Gasteiger partial charge in [0.25, 0.3) is 5.56 Å². The van der Waals surface area contributed by atoms with Gasteiger partial charge in [0.05, 0.1) is 11.9 Å². The molecule has 2 rings (SSSR count). The summed E-state index contributed by atoms with van der Waals surface area (Å²) in [6.07, 6.45) is 6.47. The standard InChI is InChI=1S/C15H25BrN4O/c1-3-9-20-15(21)14(16)13(10-18-20)19(4-2)11-12-7-5-6-8-17-12/h10,12,17H,3-9,11H2,1-2H3. The summed E-state index contributed by atoms with van der Waals surface area (Å²) in [6.45, 7) is 7.72. The maximum atomic E-state index is 12.3. The molecule has 1 saturated heterocycles. The van der Waals surface area contributed by atoms with Crippen molar-refractivity contribution in [1.82, 2.24) is 15.1 Å². The van der Waals surface area contributed by atoms with Crippen LogP contribution in [0.1, 0.15) is 39.5 Å². The highest BCUT2D eigenvalue weighted by atomic mass is 79.9. The maximum Gasteiger partial charge on any atom is 0.283 e. The van der Waals surface area contributed by atoms with Crippen LogP contribution in [0.4, 0.5) is 5.69 Å². The number of likely N-dealkylation sites (N-methyl/N-ethyl adjacent to an activating group) is 1. The summed E-state index contributed by atoms with van der Waals surface area (Å²) in [6, 6.07) is 0.503. The van der Waals surface area contributed by atoms with Crippen LogP contribution in [0.3, 0.4) is 0 Å². The third-order valence-electron chi connectivity index (χ3n) is 3.98. The third kappa shape index (κ3) is 4.07. The minimum atomic E-state index is -0.0376. The third-order valence-corrected chi connectivity index (χ3v) is 4.72. The topological polar surface area (TPSA) is 50.2 Å². The monoisotopic (exact) mass is 356 g/mol. The molecule has 118 valence electrons. The lowest BCUT2D eigenvalue weighted by Crippen LogP contribution is -2.44. The second-order valence-corrected chi connectivity index (χ2v) is 6.35. The van der Waals surface area contributed by atoms with Crippen molar-refractivity contribution >= 4 is 21.6 Å². The molecule has 1 aromatic rings. The molecule has 0 radical (unpaired) electrons. The van der Waals surface area contributed by atoms with E-state index in [1.807, 2.05) is 13.1 Å². The van der Waals surface area contributed by atoms with Crippen LogP contribution in [0.5, 0.6) is 0 Å². The molecule has 0 spiro atoms. The van der Waals surface area contributed by atoms with Gasteiger partial charge in [0.1, 0.15) is 4.47 Å². The van der Waals surface area contributed by atoms with Crippen LogP contribution in [-0.4, -0.2) is 35.5 Å². The maximum absolute atomic E-state index is 12.3. The molecule has 6 heteroatoms. The Morgan fingerprint density at radius 1 is 1.48 bits per heavy atom. The van der Waals surface area contributed by atoms with Crippen molar-refractivity contribution in [2.45, 2.75) is 52.1 Å². The molecular weight excluding hydrogens is 332 g/mol. The average Bonchev–Trinajstić information content (AvgIpc) is 2.51. The summed E-state index contributed by atoms with van der Waals surface area (Å²) in [7, 11) is 0. The van der Waals surface area contributed by atoms with Gasteiger partial charge in [-0.05, 0) is 48.7 Å². The van der Waals surface area contributed by atoms with Gasteiger partial charge in [-0.1, -0.05) is 13.3 Å². The summed E-state index contributed by atoms with van der Waals surface area (Å²) in [5.74, 6) is 0. The lowest BCUT2D eigenvalue weighted by atomic mass is 10.0. The molecule has 0 aliphatic carbocycles. The Balaban J connectivity index is 2.17. The molecule has 0 aromatic carbocycles. The Bertz CT molecular complexity index is 511. The Kier molecular flexibility index (Phi) is 6.23. The Morgan fingerprint density at radius 3 is 2.90 bits per heavy atom. The molecule has 1 aliphatic heterocycles.